The summed E-state index contributed by atoms with van der Waals surface area (Å²) in [6, 6.07) is 15.6. The summed E-state index contributed by atoms with van der Waals surface area (Å²) in [5.41, 5.74) is 3.59. The van der Waals surface area contributed by atoms with E-state index in [1.807, 2.05) is 17.9 Å². The largest absolute Gasteiger partial charge is 0.333 e. The van der Waals surface area contributed by atoms with Gasteiger partial charge in [0, 0.05) is 12.5 Å². The fraction of sp³-hybridized carbons (Fsp3) is 0.435. The van der Waals surface area contributed by atoms with E-state index in [-0.39, 0.29) is 30.2 Å². The lowest BCUT2D eigenvalue weighted by Gasteiger charge is -2.36. The van der Waals surface area contributed by atoms with Crippen molar-refractivity contribution in [2.24, 2.45) is 0 Å². The van der Waals surface area contributed by atoms with Gasteiger partial charge in [-0.15, -0.1) is 0 Å². The number of nitrogens with zero attached hydrogens (tertiary/aromatic N) is 1. The lowest BCUT2D eigenvalue weighted by molar-refractivity contribution is -0.134. The molecule has 1 unspecified atom stereocenters. The van der Waals surface area contributed by atoms with Crippen LogP contribution in [0.3, 0.4) is 0 Å². The molecule has 0 N–H and O–H groups in total. The second kappa shape index (κ2) is 7.70. The van der Waals surface area contributed by atoms with Crippen LogP contribution in [0.2, 0.25) is 0 Å². The highest BCUT2D eigenvalue weighted by Gasteiger charge is 2.39. The van der Waals surface area contributed by atoms with Crippen LogP contribution in [0.5, 0.6) is 0 Å². The second-order valence-electron chi connectivity index (χ2n) is 8.02. The summed E-state index contributed by atoms with van der Waals surface area (Å²) in [6.07, 6.45) is 5.18. The first-order valence-electron chi connectivity index (χ1n) is 10.1. The molecule has 0 spiro atoms. The average molecular weight is 398 g/mol. The first-order chi connectivity index (χ1) is 13.5. The Morgan fingerprint density at radius 1 is 1.04 bits per heavy atom. The molecular formula is C23H27NO3S. The summed E-state index contributed by atoms with van der Waals surface area (Å²) >= 11 is 0. The summed E-state index contributed by atoms with van der Waals surface area (Å²) in [7, 11) is -3.45. The van der Waals surface area contributed by atoms with Crippen molar-refractivity contribution >= 4 is 15.7 Å². The SMILES string of the molecule is Cc1ccc(S(=O)(=O)CCC(=O)N(C2CC2)C2CCCc3ccccc32)cc1. The van der Waals surface area contributed by atoms with Crippen LogP contribution in [0.15, 0.2) is 53.4 Å². The fourth-order valence-electron chi connectivity index (χ4n) is 4.22. The number of carbonyl (C=O) groups is 1. The van der Waals surface area contributed by atoms with E-state index >= 15 is 0 Å². The number of rotatable bonds is 6. The third-order valence-electron chi connectivity index (χ3n) is 5.87. The molecule has 2 aliphatic rings. The van der Waals surface area contributed by atoms with Gasteiger partial charge in [-0.2, -0.15) is 0 Å². The van der Waals surface area contributed by atoms with Gasteiger partial charge in [-0.25, -0.2) is 8.42 Å². The summed E-state index contributed by atoms with van der Waals surface area (Å²) in [4.78, 5) is 15.4. The molecule has 0 aromatic heterocycles. The molecule has 0 aliphatic heterocycles. The van der Waals surface area contributed by atoms with Crippen LogP contribution in [-0.2, 0) is 21.1 Å². The van der Waals surface area contributed by atoms with Gasteiger partial charge in [0.2, 0.25) is 5.91 Å². The Morgan fingerprint density at radius 3 is 2.46 bits per heavy atom. The van der Waals surface area contributed by atoms with Gasteiger partial charge in [-0.1, -0.05) is 42.0 Å². The van der Waals surface area contributed by atoms with Crippen LogP contribution in [0.25, 0.3) is 0 Å². The number of hydrogen-bond donors (Lipinski definition) is 0. The minimum Gasteiger partial charge on any atom is -0.333 e. The number of sulfone groups is 1. The lowest BCUT2D eigenvalue weighted by Crippen LogP contribution is -2.39. The van der Waals surface area contributed by atoms with Crippen LogP contribution in [0.1, 0.15) is 54.8 Å². The highest BCUT2D eigenvalue weighted by Crippen LogP contribution is 2.41. The molecule has 0 saturated heterocycles. The molecule has 2 aliphatic carbocycles. The highest BCUT2D eigenvalue weighted by molar-refractivity contribution is 7.91. The Bertz CT molecular complexity index is 962. The zero-order valence-electron chi connectivity index (χ0n) is 16.3. The molecule has 5 heteroatoms. The molecule has 0 radical (unpaired) electrons. The van der Waals surface area contributed by atoms with Crippen LogP contribution in [-0.4, -0.2) is 31.0 Å². The molecule has 4 nitrogen and oxygen atoms in total. The zero-order chi connectivity index (χ0) is 19.7. The Hall–Kier alpha value is -2.14. The number of aryl methyl sites for hydroxylation is 2. The number of fused-ring (bicyclic) bond motifs is 1. The van der Waals surface area contributed by atoms with E-state index in [2.05, 4.69) is 18.2 Å². The van der Waals surface area contributed by atoms with E-state index in [9.17, 15) is 13.2 Å². The molecule has 2 aromatic rings. The van der Waals surface area contributed by atoms with Gasteiger partial charge in [0.25, 0.3) is 0 Å². The number of amides is 1. The van der Waals surface area contributed by atoms with Crippen molar-refractivity contribution in [3.63, 3.8) is 0 Å². The van der Waals surface area contributed by atoms with Crippen molar-refractivity contribution in [1.82, 2.24) is 4.90 Å². The van der Waals surface area contributed by atoms with E-state index in [0.29, 0.717) is 4.90 Å². The minimum absolute atomic E-state index is 0.0279. The van der Waals surface area contributed by atoms with Crippen molar-refractivity contribution in [2.75, 3.05) is 5.75 Å². The average Bonchev–Trinajstić information content (AvgIpc) is 3.52. The summed E-state index contributed by atoms with van der Waals surface area (Å²) < 4.78 is 25.3. The van der Waals surface area contributed by atoms with E-state index in [0.717, 1.165) is 37.7 Å². The third kappa shape index (κ3) is 4.00. The molecular weight excluding hydrogens is 370 g/mol. The van der Waals surface area contributed by atoms with Crippen molar-refractivity contribution in [2.45, 2.75) is 62.4 Å². The Morgan fingerprint density at radius 2 is 1.75 bits per heavy atom. The zero-order valence-corrected chi connectivity index (χ0v) is 17.1. The van der Waals surface area contributed by atoms with E-state index in [1.54, 1.807) is 24.3 Å². The first-order valence-corrected chi connectivity index (χ1v) is 11.8. The fourth-order valence-corrected chi connectivity index (χ4v) is 5.45. The quantitative estimate of drug-likeness (QED) is 0.733. The maximum absolute atomic E-state index is 13.1. The molecule has 1 fully saturated rings. The first kappa shape index (κ1) is 19.2. The van der Waals surface area contributed by atoms with Gasteiger partial charge in [-0.3, -0.25) is 4.79 Å². The summed E-state index contributed by atoms with van der Waals surface area (Å²) in [5.74, 6) is -0.160. The highest BCUT2D eigenvalue weighted by atomic mass is 32.2. The number of carbonyl (C=O) groups excluding carboxylic acids is 1. The summed E-state index contributed by atoms with van der Waals surface area (Å²) in [5, 5.41) is 0. The van der Waals surface area contributed by atoms with Crippen molar-refractivity contribution in [3.8, 4) is 0 Å². The van der Waals surface area contributed by atoms with Crippen molar-refractivity contribution < 1.29 is 13.2 Å². The Balaban J connectivity index is 1.50. The maximum atomic E-state index is 13.1. The second-order valence-corrected chi connectivity index (χ2v) is 10.1. The van der Waals surface area contributed by atoms with Gasteiger partial charge in [0.15, 0.2) is 9.84 Å². The van der Waals surface area contributed by atoms with Crippen LogP contribution in [0, 0.1) is 6.92 Å². The van der Waals surface area contributed by atoms with Crippen LogP contribution < -0.4 is 0 Å². The smallest absolute Gasteiger partial charge is 0.224 e. The van der Waals surface area contributed by atoms with Gasteiger partial charge in [0.05, 0.1) is 16.7 Å². The predicted octanol–water partition coefficient (Wildman–Crippen LogP) is 4.23. The number of hydrogen-bond acceptors (Lipinski definition) is 3. The lowest BCUT2D eigenvalue weighted by atomic mass is 9.86. The molecule has 0 bridgehead atoms. The van der Waals surface area contributed by atoms with E-state index < -0.39 is 9.84 Å². The monoisotopic (exact) mass is 397 g/mol. The summed E-state index contributed by atoms with van der Waals surface area (Å²) in [6.45, 7) is 1.93. The Kier molecular flexibility index (Phi) is 5.28. The molecule has 1 saturated carbocycles. The maximum Gasteiger partial charge on any atom is 0.224 e. The molecule has 2 aromatic carbocycles. The molecule has 1 amide bonds. The molecule has 4 rings (SSSR count). The molecule has 148 valence electrons. The number of benzene rings is 2. The molecule has 0 heterocycles. The van der Waals surface area contributed by atoms with Gasteiger partial charge in [-0.05, 0) is 62.3 Å². The van der Waals surface area contributed by atoms with E-state index in [4.69, 9.17) is 0 Å². The van der Waals surface area contributed by atoms with Gasteiger partial charge < -0.3 is 4.90 Å². The Labute approximate surface area is 167 Å². The van der Waals surface area contributed by atoms with E-state index in [1.165, 1.54) is 11.1 Å². The topological polar surface area (TPSA) is 54.5 Å². The van der Waals surface area contributed by atoms with Crippen molar-refractivity contribution in [1.29, 1.82) is 0 Å². The standard InChI is InChI=1S/C23H27NO3S/c1-17-9-13-20(14-10-17)28(26,27)16-15-23(25)24(19-11-12-19)22-8-4-6-18-5-2-3-7-21(18)22/h2-3,5,7,9-10,13-14,19,22H,4,6,8,11-12,15-16H2,1H3. The van der Waals surface area contributed by atoms with Crippen molar-refractivity contribution in [3.05, 3.63) is 65.2 Å². The third-order valence-corrected chi connectivity index (χ3v) is 7.60. The minimum atomic E-state index is -3.45. The normalized spacial score (nSPS) is 19.1. The van der Waals surface area contributed by atoms with Gasteiger partial charge >= 0.3 is 0 Å². The van der Waals surface area contributed by atoms with Gasteiger partial charge in [0.1, 0.15) is 0 Å². The predicted molar refractivity (Wildman–Crippen MR) is 110 cm³/mol. The molecule has 28 heavy (non-hydrogen) atoms. The molecule has 1 atom stereocenters. The van der Waals surface area contributed by atoms with Crippen LogP contribution >= 0.6 is 0 Å². The van der Waals surface area contributed by atoms with Crippen LogP contribution in [0.4, 0.5) is 0 Å².